The van der Waals surface area contributed by atoms with Crippen LogP contribution in [-0.4, -0.2) is 55.5 Å². The minimum absolute atomic E-state index is 0.161. The molecule has 0 bridgehead atoms. The second-order valence-corrected chi connectivity index (χ2v) is 7.98. The quantitative estimate of drug-likeness (QED) is 0.594. The van der Waals surface area contributed by atoms with Crippen LogP contribution in [-0.2, 0) is 14.3 Å². The minimum Gasteiger partial charge on any atom is -0.495 e. The Morgan fingerprint density at radius 2 is 1.82 bits per heavy atom. The van der Waals surface area contributed by atoms with Crippen LogP contribution in [0.5, 0.6) is 5.75 Å². The molecule has 2 unspecified atom stereocenters. The Hall–Kier alpha value is -3.39. The molecule has 2 N–H and O–H groups in total. The average molecular weight is 454 g/mol. The van der Waals surface area contributed by atoms with Gasteiger partial charge in [-0.2, -0.15) is 0 Å². The van der Waals surface area contributed by atoms with Gasteiger partial charge >= 0.3 is 5.97 Å². The first kappa shape index (κ1) is 24.3. The smallest absolute Gasteiger partial charge is 0.310 e. The third-order valence-corrected chi connectivity index (χ3v) is 5.77. The van der Waals surface area contributed by atoms with E-state index in [1.165, 1.54) is 0 Å². The van der Waals surface area contributed by atoms with Crippen molar-refractivity contribution in [1.82, 2.24) is 4.90 Å². The van der Waals surface area contributed by atoms with Crippen LogP contribution in [0.25, 0.3) is 0 Å². The lowest BCUT2D eigenvalue weighted by Gasteiger charge is -2.35. The summed E-state index contributed by atoms with van der Waals surface area (Å²) in [6, 6.07) is 13.5. The Kier molecular flexibility index (Phi) is 8.43. The maximum Gasteiger partial charge on any atom is 0.310 e. The van der Waals surface area contributed by atoms with Crippen LogP contribution in [0, 0.1) is 5.92 Å². The van der Waals surface area contributed by atoms with Crippen molar-refractivity contribution in [3.8, 4) is 5.75 Å². The van der Waals surface area contributed by atoms with Gasteiger partial charge in [0.25, 0.3) is 5.91 Å². The number of piperidine rings is 1. The average Bonchev–Trinajstić information content (AvgIpc) is 2.84. The van der Waals surface area contributed by atoms with Gasteiger partial charge in [-0.05, 0) is 69.6 Å². The molecule has 1 aliphatic rings. The monoisotopic (exact) mass is 453 g/mol. The van der Waals surface area contributed by atoms with Crippen LogP contribution in [0.3, 0.4) is 0 Å². The van der Waals surface area contributed by atoms with Crippen LogP contribution in [0.1, 0.15) is 37.0 Å². The van der Waals surface area contributed by atoms with Gasteiger partial charge in [0.2, 0.25) is 5.91 Å². The van der Waals surface area contributed by atoms with Crippen molar-refractivity contribution in [3.63, 3.8) is 0 Å². The Labute approximate surface area is 194 Å². The van der Waals surface area contributed by atoms with Crippen LogP contribution in [0.15, 0.2) is 48.5 Å². The number of hydrogen-bond acceptors (Lipinski definition) is 6. The fraction of sp³-hybridized carbons (Fsp3) is 0.400. The number of carbonyl (C=O) groups excluding carboxylic acids is 3. The molecule has 8 nitrogen and oxygen atoms in total. The van der Waals surface area contributed by atoms with E-state index in [1.807, 2.05) is 24.0 Å². The Morgan fingerprint density at radius 3 is 2.52 bits per heavy atom. The highest BCUT2D eigenvalue weighted by atomic mass is 16.5. The number of ether oxygens (including phenoxy) is 2. The molecular weight excluding hydrogens is 422 g/mol. The molecular formula is C25H31N3O5. The standard InChI is InChI=1S/C25H31N3O5/c1-4-33-25(31)19-8-7-15-28(16-19)17(2)23(29)26-20-13-11-18(12-14-20)24(30)27-21-9-5-6-10-22(21)32-3/h5-6,9-14,17,19H,4,7-8,15-16H2,1-3H3,(H,26,29)(H,27,30). The number of esters is 1. The number of anilines is 2. The van der Waals surface area contributed by atoms with Gasteiger partial charge < -0.3 is 20.1 Å². The maximum atomic E-state index is 12.8. The van der Waals surface area contributed by atoms with Gasteiger partial charge in [-0.15, -0.1) is 0 Å². The third kappa shape index (κ3) is 6.32. The van der Waals surface area contributed by atoms with E-state index in [4.69, 9.17) is 9.47 Å². The van der Waals surface area contributed by atoms with E-state index in [0.717, 1.165) is 19.4 Å². The SMILES string of the molecule is CCOC(=O)C1CCCN(C(C)C(=O)Nc2ccc(C(=O)Nc3ccccc3OC)cc2)C1. The molecule has 1 heterocycles. The summed E-state index contributed by atoms with van der Waals surface area (Å²) >= 11 is 0. The van der Waals surface area contributed by atoms with Crippen molar-refractivity contribution in [1.29, 1.82) is 0 Å². The van der Waals surface area contributed by atoms with E-state index >= 15 is 0 Å². The third-order valence-electron chi connectivity index (χ3n) is 5.77. The zero-order chi connectivity index (χ0) is 23.8. The molecule has 2 aromatic carbocycles. The second-order valence-electron chi connectivity index (χ2n) is 7.98. The molecule has 8 heteroatoms. The molecule has 33 heavy (non-hydrogen) atoms. The van der Waals surface area contributed by atoms with E-state index in [2.05, 4.69) is 10.6 Å². The summed E-state index contributed by atoms with van der Waals surface area (Å²) in [6.45, 7) is 5.25. The first-order valence-corrected chi connectivity index (χ1v) is 11.2. The highest BCUT2D eigenvalue weighted by Crippen LogP contribution is 2.24. The van der Waals surface area contributed by atoms with Crippen molar-refractivity contribution >= 4 is 29.2 Å². The van der Waals surface area contributed by atoms with Gasteiger partial charge in [-0.3, -0.25) is 19.3 Å². The number of benzene rings is 2. The molecule has 1 aliphatic heterocycles. The molecule has 2 aromatic rings. The molecule has 1 fully saturated rings. The summed E-state index contributed by atoms with van der Waals surface area (Å²) in [7, 11) is 1.55. The van der Waals surface area contributed by atoms with E-state index in [-0.39, 0.29) is 23.7 Å². The predicted molar refractivity (Wildman–Crippen MR) is 126 cm³/mol. The van der Waals surface area contributed by atoms with Gasteiger partial charge in [0.05, 0.1) is 31.4 Å². The molecule has 2 atom stereocenters. The summed E-state index contributed by atoms with van der Waals surface area (Å²) in [5.74, 6) is -0.256. The van der Waals surface area contributed by atoms with Gasteiger partial charge in [-0.25, -0.2) is 0 Å². The topological polar surface area (TPSA) is 97.0 Å². The number of rotatable bonds is 8. The Balaban J connectivity index is 1.57. The lowest BCUT2D eigenvalue weighted by molar-refractivity contribution is -0.150. The molecule has 0 spiro atoms. The largest absolute Gasteiger partial charge is 0.495 e. The summed E-state index contributed by atoms with van der Waals surface area (Å²) in [5.41, 5.74) is 1.64. The normalized spacial score (nSPS) is 17.0. The summed E-state index contributed by atoms with van der Waals surface area (Å²) in [6.07, 6.45) is 1.62. The fourth-order valence-electron chi connectivity index (χ4n) is 3.87. The maximum absolute atomic E-state index is 12.8. The molecule has 0 aromatic heterocycles. The Morgan fingerprint density at radius 1 is 1.09 bits per heavy atom. The van der Waals surface area contributed by atoms with Crippen LogP contribution < -0.4 is 15.4 Å². The van der Waals surface area contributed by atoms with Gasteiger partial charge in [0.1, 0.15) is 5.75 Å². The van der Waals surface area contributed by atoms with Crippen LogP contribution >= 0.6 is 0 Å². The molecule has 3 rings (SSSR count). The van der Waals surface area contributed by atoms with E-state index in [1.54, 1.807) is 50.4 Å². The molecule has 176 valence electrons. The molecule has 0 aliphatic carbocycles. The zero-order valence-corrected chi connectivity index (χ0v) is 19.3. The fourth-order valence-corrected chi connectivity index (χ4v) is 3.87. The van der Waals surface area contributed by atoms with Crippen molar-refractivity contribution < 1.29 is 23.9 Å². The van der Waals surface area contributed by atoms with Crippen molar-refractivity contribution in [2.45, 2.75) is 32.7 Å². The summed E-state index contributed by atoms with van der Waals surface area (Å²) in [5, 5.41) is 5.72. The molecule has 0 saturated carbocycles. The van der Waals surface area contributed by atoms with Crippen LogP contribution in [0.4, 0.5) is 11.4 Å². The van der Waals surface area contributed by atoms with Crippen molar-refractivity contribution in [2.24, 2.45) is 5.92 Å². The first-order chi connectivity index (χ1) is 15.9. The first-order valence-electron chi connectivity index (χ1n) is 11.2. The lowest BCUT2D eigenvalue weighted by atomic mass is 9.97. The van der Waals surface area contributed by atoms with Crippen molar-refractivity contribution in [3.05, 3.63) is 54.1 Å². The van der Waals surface area contributed by atoms with E-state index in [9.17, 15) is 14.4 Å². The zero-order valence-electron chi connectivity index (χ0n) is 19.3. The molecule has 1 saturated heterocycles. The van der Waals surface area contributed by atoms with Gasteiger partial charge in [0, 0.05) is 17.8 Å². The summed E-state index contributed by atoms with van der Waals surface area (Å²) < 4.78 is 10.4. The van der Waals surface area contributed by atoms with Crippen LogP contribution in [0.2, 0.25) is 0 Å². The second kappa shape index (κ2) is 11.5. The highest BCUT2D eigenvalue weighted by Gasteiger charge is 2.31. The van der Waals surface area contributed by atoms with Crippen molar-refractivity contribution in [2.75, 3.05) is 37.4 Å². The summed E-state index contributed by atoms with van der Waals surface area (Å²) in [4.78, 5) is 39.4. The number of para-hydroxylation sites is 2. The number of nitrogens with one attached hydrogen (secondary N) is 2. The number of carbonyl (C=O) groups is 3. The minimum atomic E-state index is -0.393. The number of hydrogen-bond donors (Lipinski definition) is 2. The number of amides is 2. The molecule has 0 radical (unpaired) electrons. The highest BCUT2D eigenvalue weighted by molar-refractivity contribution is 6.05. The van der Waals surface area contributed by atoms with Gasteiger partial charge in [-0.1, -0.05) is 12.1 Å². The lowest BCUT2D eigenvalue weighted by Crippen LogP contribution is -2.48. The number of likely N-dealkylation sites (tertiary alicyclic amines) is 1. The van der Waals surface area contributed by atoms with E-state index in [0.29, 0.717) is 35.8 Å². The molecule has 2 amide bonds. The predicted octanol–water partition coefficient (Wildman–Crippen LogP) is 3.55. The van der Waals surface area contributed by atoms with E-state index < -0.39 is 6.04 Å². The van der Waals surface area contributed by atoms with Gasteiger partial charge in [0.15, 0.2) is 0 Å². The Bertz CT molecular complexity index is 976. The number of nitrogens with zero attached hydrogens (tertiary/aromatic N) is 1. The number of methoxy groups -OCH3 is 1.